The molecular weight excluding hydrogens is 216 g/mol. The van der Waals surface area contributed by atoms with Crippen molar-refractivity contribution in [2.24, 2.45) is 0 Å². The van der Waals surface area contributed by atoms with E-state index in [4.69, 9.17) is 4.74 Å². The number of aromatic nitrogens is 3. The number of hydrogen-bond acceptors (Lipinski definition) is 4. The Morgan fingerprint density at radius 3 is 3.00 bits per heavy atom. The lowest BCUT2D eigenvalue weighted by atomic mass is 10.1. The summed E-state index contributed by atoms with van der Waals surface area (Å²) in [6.07, 6.45) is 2.65. The fourth-order valence-electron chi connectivity index (χ4n) is 1.66. The highest BCUT2D eigenvalue weighted by Crippen LogP contribution is 2.17. The molecule has 0 bridgehead atoms. The van der Waals surface area contributed by atoms with Crippen molar-refractivity contribution in [3.05, 3.63) is 41.7 Å². The lowest BCUT2D eigenvalue weighted by Crippen LogP contribution is -2.17. The molecule has 17 heavy (non-hydrogen) atoms. The molecule has 0 aliphatic heterocycles. The van der Waals surface area contributed by atoms with Crippen LogP contribution in [-0.4, -0.2) is 29.1 Å². The first-order valence-corrected chi connectivity index (χ1v) is 5.57. The topological polar surface area (TPSA) is 62.8 Å². The number of benzene rings is 1. The van der Waals surface area contributed by atoms with Gasteiger partial charge in [0.1, 0.15) is 5.75 Å². The van der Waals surface area contributed by atoms with E-state index in [1.807, 2.05) is 18.2 Å². The van der Waals surface area contributed by atoms with Gasteiger partial charge in [0.15, 0.2) is 0 Å². The Kier molecular flexibility index (Phi) is 4.10. The molecule has 0 aliphatic rings. The van der Waals surface area contributed by atoms with Gasteiger partial charge in [0.05, 0.1) is 19.0 Å². The maximum Gasteiger partial charge on any atom is 0.122 e. The third-order valence-electron chi connectivity index (χ3n) is 2.53. The fourth-order valence-corrected chi connectivity index (χ4v) is 1.66. The molecule has 2 rings (SSSR count). The van der Waals surface area contributed by atoms with Crippen LogP contribution in [0.1, 0.15) is 11.3 Å². The molecule has 0 radical (unpaired) electrons. The van der Waals surface area contributed by atoms with E-state index in [1.54, 1.807) is 13.3 Å². The van der Waals surface area contributed by atoms with Gasteiger partial charge in [-0.05, 0) is 24.6 Å². The summed E-state index contributed by atoms with van der Waals surface area (Å²) in [5.41, 5.74) is 2.13. The molecule has 2 aromatic rings. The second kappa shape index (κ2) is 6.00. The van der Waals surface area contributed by atoms with Crippen LogP contribution < -0.4 is 10.1 Å². The second-order valence-electron chi connectivity index (χ2n) is 3.70. The molecule has 0 aliphatic carbocycles. The molecule has 0 fully saturated rings. The summed E-state index contributed by atoms with van der Waals surface area (Å²) < 4.78 is 5.29. The molecule has 5 nitrogen and oxygen atoms in total. The van der Waals surface area contributed by atoms with Crippen LogP contribution in [0.5, 0.6) is 5.75 Å². The fraction of sp³-hybridized carbons (Fsp3) is 0.333. The highest BCUT2D eigenvalue weighted by Gasteiger charge is 2.01. The Hall–Kier alpha value is -1.88. The number of para-hydroxylation sites is 1. The van der Waals surface area contributed by atoms with Gasteiger partial charge < -0.3 is 10.1 Å². The smallest absolute Gasteiger partial charge is 0.122 e. The van der Waals surface area contributed by atoms with Crippen LogP contribution in [0.3, 0.4) is 0 Å². The molecule has 5 heteroatoms. The molecule has 90 valence electrons. The van der Waals surface area contributed by atoms with E-state index in [9.17, 15) is 0 Å². The van der Waals surface area contributed by atoms with Gasteiger partial charge in [-0.3, -0.25) is 0 Å². The number of methoxy groups -OCH3 is 1. The van der Waals surface area contributed by atoms with Gasteiger partial charge in [0.2, 0.25) is 0 Å². The van der Waals surface area contributed by atoms with E-state index in [2.05, 4.69) is 26.8 Å². The largest absolute Gasteiger partial charge is 0.496 e. The molecule has 0 atom stereocenters. The zero-order valence-corrected chi connectivity index (χ0v) is 9.81. The second-order valence-corrected chi connectivity index (χ2v) is 3.70. The van der Waals surface area contributed by atoms with Gasteiger partial charge in [0, 0.05) is 6.54 Å². The van der Waals surface area contributed by atoms with Gasteiger partial charge in [-0.1, -0.05) is 18.2 Å². The van der Waals surface area contributed by atoms with E-state index in [0.29, 0.717) is 0 Å². The number of hydrogen-bond donors (Lipinski definition) is 2. The molecular formula is C12H16N4O. The predicted molar refractivity (Wildman–Crippen MR) is 64.8 cm³/mol. The highest BCUT2D eigenvalue weighted by molar-refractivity contribution is 5.33. The van der Waals surface area contributed by atoms with Crippen LogP contribution in [0.15, 0.2) is 30.5 Å². The average molecular weight is 232 g/mol. The maximum absolute atomic E-state index is 5.29. The van der Waals surface area contributed by atoms with Crippen LogP contribution in [0, 0.1) is 0 Å². The number of nitrogens with one attached hydrogen (secondary N) is 2. The van der Waals surface area contributed by atoms with Crippen molar-refractivity contribution < 1.29 is 4.74 Å². The standard InChI is InChI=1S/C12H16N4O/c1-17-12-5-3-2-4-10(12)6-7-13-8-11-9-14-16-15-11/h2-5,9,13H,6-8H2,1H3,(H,14,15,16). The van der Waals surface area contributed by atoms with Crippen molar-refractivity contribution in [2.75, 3.05) is 13.7 Å². The average Bonchev–Trinajstić information content (AvgIpc) is 2.88. The summed E-state index contributed by atoms with van der Waals surface area (Å²) in [4.78, 5) is 0. The van der Waals surface area contributed by atoms with Crippen molar-refractivity contribution in [1.82, 2.24) is 20.7 Å². The number of ether oxygens (including phenoxy) is 1. The Balaban J connectivity index is 1.78. The Morgan fingerprint density at radius 2 is 2.24 bits per heavy atom. The molecule has 0 unspecified atom stereocenters. The summed E-state index contributed by atoms with van der Waals surface area (Å²) in [7, 11) is 1.70. The number of rotatable bonds is 6. The summed E-state index contributed by atoms with van der Waals surface area (Å²) in [5.74, 6) is 0.940. The molecule has 0 saturated heterocycles. The minimum Gasteiger partial charge on any atom is -0.496 e. The molecule has 0 spiro atoms. The highest BCUT2D eigenvalue weighted by atomic mass is 16.5. The molecule has 1 aromatic heterocycles. The van der Waals surface area contributed by atoms with Crippen LogP contribution in [0.2, 0.25) is 0 Å². The third-order valence-corrected chi connectivity index (χ3v) is 2.53. The molecule has 1 aromatic carbocycles. The van der Waals surface area contributed by atoms with E-state index in [1.165, 1.54) is 5.56 Å². The zero-order valence-electron chi connectivity index (χ0n) is 9.81. The lowest BCUT2D eigenvalue weighted by molar-refractivity contribution is 0.409. The van der Waals surface area contributed by atoms with E-state index in [-0.39, 0.29) is 0 Å². The quantitative estimate of drug-likeness (QED) is 0.733. The monoisotopic (exact) mass is 232 g/mol. The minimum atomic E-state index is 0.728. The normalized spacial score (nSPS) is 10.4. The van der Waals surface area contributed by atoms with Gasteiger partial charge in [-0.15, -0.1) is 0 Å². The summed E-state index contributed by atoms with van der Waals surface area (Å²) in [5, 5.41) is 13.6. The first-order valence-electron chi connectivity index (χ1n) is 5.57. The van der Waals surface area contributed by atoms with Crippen LogP contribution in [0.25, 0.3) is 0 Å². The van der Waals surface area contributed by atoms with Crippen molar-refractivity contribution >= 4 is 0 Å². The predicted octanol–water partition coefficient (Wildman–Crippen LogP) is 1.15. The first-order chi connectivity index (χ1) is 8.40. The zero-order chi connectivity index (χ0) is 11.9. The van der Waals surface area contributed by atoms with Crippen molar-refractivity contribution in [3.8, 4) is 5.75 Å². The molecule has 1 heterocycles. The Morgan fingerprint density at radius 1 is 1.35 bits per heavy atom. The third kappa shape index (κ3) is 3.29. The molecule has 2 N–H and O–H groups in total. The van der Waals surface area contributed by atoms with E-state index >= 15 is 0 Å². The van der Waals surface area contributed by atoms with Gasteiger partial charge in [-0.25, -0.2) is 0 Å². The SMILES string of the molecule is COc1ccccc1CCNCc1cn[nH]n1. The Labute approximate surface area is 100 Å². The Bertz CT molecular complexity index is 442. The summed E-state index contributed by atoms with van der Waals surface area (Å²) in [6, 6.07) is 8.06. The number of H-pyrrole nitrogens is 1. The van der Waals surface area contributed by atoms with Crippen molar-refractivity contribution in [1.29, 1.82) is 0 Å². The van der Waals surface area contributed by atoms with Gasteiger partial charge in [-0.2, -0.15) is 15.4 Å². The maximum atomic E-state index is 5.29. The van der Waals surface area contributed by atoms with Crippen LogP contribution >= 0.6 is 0 Å². The van der Waals surface area contributed by atoms with E-state index < -0.39 is 0 Å². The first kappa shape index (κ1) is 11.6. The lowest BCUT2D eigenvalue weighted by Gasteiger charge is -2.08. The number of nitrogens with zero attached hydrogens (tertiary/aromatic N) is 2. The van der Waals surface area contributed by atoms with Crippen molar-refractivity contribution in [2.45, 2.75) is 13.0 Å². The molecule has 0 amide bonds. The van der Waals surface area contributed by atoms with E-state index in [0.717, 1.165) is 31.0 Å². The summed E-state index contributed by atoms with van der Waals surface area (Å²) >= 11 is 0. The number of aromatic amines is 1. The van der Waals surface area contributed by atoms with Crippen LogP contribution in [0.4, 0.5) is 0 Å². The van der Waals surface area contributed by atoms with Gasteiger partial charge in [0.25, 0.3) is 0 Å². The van der Waals surface area contributed by atoms with Crippen molar-refractivity contribution in [3.63, 3.8) is 0 Å². The minimum absolute atomic E-state index is 0.728. The summed E-state index contributed by atoms with van der Waals surface area (Å²) in [6.45, 7) is 1.61. The molecule has 0 saturated carbocycles. The van der Waals surface area contributed by atoms with Gasteiger partial charge >= 0.3 is 0 Å². The van der Waals surface area contributed by atoms with Crippen LogP contribution in [-0.2, 0) is 13.0 Å².